The van der Waals surface area contributed by atoms with Crippen LogP contribution in [-0.2, 0) is 11.2 Å². The van der Waals surface area contributed by atoms with Crippen molar-refractivity contribution in [2.75, 3.05) is 13.2 Å². The van der Waals surface area contributed by atoms with Gasteiger partial charge in [-0.05, 0) is 60.6 Å². The highest BCUT2D eigenvalue weighted by molar-refractivity contribution is 9.10. The van der Waals surface area contributed by atoms with Gasteiger partial charge in [-0.1, -0.05) is 54.0 Å². The number of rotatable bonds is 8. The number of amides is 1. The summed E-state index contributed by atoms with van der Waals surface area (Å²) >= 11 is 3.45. The molecule has 0 heterocycles. The Morgan fingerprint density at radius 2 is 1.88 bits per heavy atom. The fraction of sp³-hybridized carbons (Fsp3) is 0.381. The van der Waals surface area contributed by atoms with Gasteiger partial charge in [-0.15, -0.1) is 0 Å². The van der Waals surface area contributed by atoms with Gasteiger partial charge < -0.3 is 10.1 Å². The van der Waals surface area contributed by atoms with Crippen molar-refractivity contribution in [1.82, 2.24) is 5.32 Å². The van der Waals surface area contributed by atoms with Gasteiger partial charge in [0.25, 0.3) is 5.91 Å². The van der Waals surface area contributed by atoms with Gasteiger partial charge in [0.05, 0.1) is 0 Å². The number of hydrogen-bond acceptors (Lipinski definition) is 2. The van der Waals surface area contributed by atoms with Gasteiger partial charge in [-0.25, -0.2) is 0 Å². The molecule has 4 heteroatoms. The van der Waals surface area contributed by atoms with Crippen LogP contribution in [0.1, 0.15) is 42.9 Å². The predicted molar refractivity (Wildman–Crippen MR) is 106 cm³/mol. The lowest BCUT2D eigenvalue weighted by atomic mass is 10.0. The summed E-state index contributed by atoms with van der Waals surface area (Å²) in [5, 5.41) is 2.91. The van der Waals surface area contributed by atoms with E-state index in [4.69, 9.17) is 4.74 Å². The third-order valence-corrected chi connectivity index (χ3v) is 5.00. The molecule has 0 aliphatic carbocycles. The molecular weight excluding hydrogens is 378 g/mol. The molecule has 0 saturated carbocycles. The molecule has 0 aliphatic heterocycles. The van der Waals surface area contributed by atoms with Crippen LogP contribution >= 0.6 is 15.9 Å². The lowest BCUT2D eigenvalue weighted by molar-refractivity contribution is -0.123. The molecule has 0 bridgehead atoms. The number of hydrogen-bond donors (Lipinski definition) is 1. The van der Waals surface area contributed by atoms with E-state index in [9.17, 15) is 4.79 Å². The fourth-order valence-corrected chi connectivity index (χ4v) is 2.74. The summed E-state index contributed by atoms with van der Waals surface area (Å²) in [6, 6.07) is 14.4. The summed E-state index contributed by atoms with van der Waals surface area (Å²) in [5.74, 6) is 1.18. The van der Waals surface area contributed by atoms with Gasteiger partial charge in [0.15, 0.2) is 6.61 Å². The van der Waals surface area contributed by atoms with E-state index < -0.39 is 0 Å². The van der Waals surface area contributed by atoms with E-state index in [1.807, 2.05) is 25.1 Å². The smallest absolute Gasteiger partial charge is 0.257 e. The Labute approximate surface area is 158 Å². The summed E-state index contributed by atoms with van der Waals surface area (Å²) in [5.41, 5.74) is 3.75. The van der Waals surface area contributed by atoms with Gasteiger partial charge in [0, 0.05) is 11.0 Å². The molecule has 2 rings (SSSR count). The first kappa shape index (κ1) is 19.5. The molecule has 0 fully saturated rings. The molecule has 2 aromatic rings. The van der Waals surface area contributed by atoms with Crippen molar-refractivity contribution in [2.24, 2.45) is 0 Å². The minimum Gasteiger partial charge on any atom is -0.484 e. The highest BCUT2D eigenvalue weighted by Gasteiger charge is 2.04. The number of halogens is 1. The Morgan fingerprint density at radius 1 is 1.16 bits per heavy atom. The van der Waals surface area contributed by atoms with Crippen molar-refractivity contribution in [2.45, 2.75) is 39.5 Å². The SMILES string of the molecule is Cc1cc(OCC(=O)NCCCc2ccc(C(C)C)cc2)ccc1Br. The first-order valence-electron chi connectivity index (χ1n) is 8.70. The van der Waals surface area contributed by atoms with Crippen LogP contribution in [0.5, 0.6) is 5.75 Å². The Kier molecular flexibility index (Phi) is 7.51. The lowest BCUT2D eigenvalue weighted by Gasteiger charge is -2.09. The summed E-state index contributed by atoms with van der Waals surface area (Å²) in [7, 11) is 0. The van der Waals surface area contributed by atoms with Crippen LogP contribution in [0.15, 0.2) is 46.9 Å². The molecule has 0 atom stereocenters. The standard InChI is InChI=1S/C21H26BrNO2/c1-15(2)18-8-6-17(7-9-18)5-4-12-23-21(24)14-25-19-10-11-20(22)16(3)13-19/h6-11,13,15H,4-5,12,14H2,1-3H3,(H,23,24). The van der Waals surface area contributed by atoms with Crippen LogP contribution in [0.3, 0.4) is 0 Å². The maximum atomic E-state index is 11.9. The van der Waals surface area contributed by atoms with Gasteiger partial charge in [-0.2, -0.15) is 0 Å². The largest absolute Gasteiger partial charge is 0.484 e. The number of aryl methyl sites for hydroxylation is 2. The molecule has 1 N–H and O–H groups in total. The van der Waals surface area contributed by atoms with E-state index in [2.05, 4.69) is 59.4 Å². The Hall–Kier alpha value is -1.81. The quantitative estimate of drug-likeness (QED) is 0.629. The van der Waals surface area contributed by atoms with Crippen LogP contribution < -0.4 is 10.1 Å². The molecule has 25 heavy (non-hydrogen) atoms. The van der Waals surface area contributed by atoms with Crippen molar-refractivity contribution in [3.63, 3.8) is 0 Å². The van der Waals surface area contributed by atoms with Gasteiger partial charge >= 0.3 is 0 Å². The van der Waals surface area contributed by atoms with E-state index in [-0.39, 0.29) is 12.5 Å². The molecule has 2 aromatic carbocycles. The van der Waals surface area contributed by atoms with Gasteiger partial charge in [0.2, 0.25) is 0 Å². The first-order chi connectivity index (χ1) is 12.0. The number of carbonyl (C=O) groups excluding carboxylic acids is 1. The molecule has 0 unspecified atom stereocenters. The van der Waals surface area contributed by atoms with E-state index in [0.29, 0.717) is 18.2 Å². The monoisotopic (exact) mass is 403 g/mol. The van der Waals surface area contributed by atoms with Crippen LogP contribution in [-0.4, -0.2) is 19.1 Å². The Balaban J connectivity index is 1.65. The number of benzene rings is 2. The average molecular weight is 404 g/mol. The molecule has 0 saturated heterocycles. The third kappa shape index (κ3) is 6.54. The second-order valence-corrected chi connectivity index (χ2v) is 7.40. The van der Waals surface area contributed by atoms with Crippen LogP contribution in [0.4, 0.5) is 0 Å². The molecule has 0 radical (unpaired) electrons. The second kappa shape index (κ2) is 9.62. The summed E-state index contributed by atoms with van der Waals surface area (Å²) in [4.78, 5) is 11.9. The van der Waals surface area contributed by atoms with E-state index in [1.54, 1.807) is 0 Å². The van der Waals surface area contributed by atoms with E-state index in [0.717, 1.165) is 22.9 Å². The minimum atomic E-state index is -0.0873. The predicted octanol–water partition coefficient (Wildman–Crippen LogP) is 5.01. The zero-order valence-corrected chi connectivity index (χ0v) is 16.7. The maximum Gasteiger partial charge on any atom is 0.257 e. The van der Waals surface area contributed by atoms with Gasteiger partial charge in [0.1, 0.15) is 5.75 Å². The number of carbonyl (C=O) groups is 1. The Bertz CT molecular complexity index is 696. The van der Waals surface area contributed by atoms with Crippen molar-refractivity contribution in [1.29, 1.82) is 0 Å². The highest BCUT2D eigenvalue weighted by atomic mass is 79.9. The van der Waals surface area contributed by atoms with Crippen molar-refractivity contribution >= 4 is 21.8 Å². The van der Waals surface area contributed by atoms with E-state index in [1.165, 1.54) is 11.1 Å². The van der Waals surface area contributed by atoms with Crippen LogP contribution in [0.2, 0.25) is 0 Å². The molecule has 3 nitrogen and oxygen atoms in total. The average Bonchev–Trinajstić information content (AvgIpc) is 2.60. The molecule has 1 amide bonds. The van der Waals surface area contributed by atoms with Crippen molar-refractivity contribution < 1.29 is 9.53 Å². The lowest BCUT2D eigenvalue weighted by Crippen LogP contribution is -2.29. The molecule has 0 aliphatic rings. The summed E-state index contributed by atoms with van der Waals surface area (Å²) in [6.45, 7) is 7.09. The summed E-state index contributed by atoms with van der Waals surface area (Å²) in [6.07, 6.45) is 1.88. The van der Waals surface area contributed by atoms with E-state index >= 15 is 0 Å². The Morgan fingerprint density at radius 3 is 2.52 bits per heavy atom. The normalized spacial score (nSPS) is 10.8. The second-order valence-electron chi connectivity index (χ2n) is 6.55. The van der Waals surface area contributed by atoms with Crippen molar-refractivity contribution in [3.8, 4) is 5.75 Å². The zero-order valence-electron chi connectivity index (χ0n) is 15.1. The van der Waals surface area contributed by atoms with Gasteiger partial charge in [-0.3, -0.25) is 4.79 Å². The van der Waals surface area contributed by atoms with Crippen LogP contribution in [0, 0.1) is 6.92 Å². The number of nitrogens with one attached hydrogen (secondary N) is 1. The highest BCUT2D eigenvalue weighted by Crippen LogP contribution is 2.21. The summed E-state index contributed by atoms with van der Waals surface area (Å²) < 4.78 is 6.55. The maximum absolute atomic E-state index is 11.9. The fourth-order valence-electron chi connectivity index (χ4n) is 2.50. The molecule has 134 valence electrons. The molecule has 0 aromatic heterocycles. The molecule has 0 spiro atoms. The topological polar surface area (TPSA) is 38.3 Å². The minimum absolute atomic E-state index is 0.0458. The zero-order chi connectivity index (χ0) is 18.2. The molecular formula is C21H26BrNO2. The van der Waals surface area contributed by atoms with Crippen molar-refractivity contribution in [3.05, 3.63) is 63.6 Å². The third-order valence-electron chi connectivity index (χ3n) is 4.11. The van der Waals surface area contributed by atoms with Crippen LogP contribution in [0.25, 0.3) is 0 Å². The first-order valence-corrected chi connectivity index (χ1v) is 9.49. The number of ether oxygens (including phenoxy) is 1.